The van der Waals surface area contributed by atoms with Crippen LogP contribution in [0.25, 0.3) is 0 Å². The van der Waals surface area contributed by atoms with Gasteiger partial charge in [-0.25, -0.2) is 4.98 Å². The molecule has 0 saturated carbocycles. The number of amides is 1. The van der Waals surface area contributed by atoms with Crippen molar-refractivity contribution in [2.45, 2.75) is 19.4 Å². The molecule has 1 aliphatic heterocycles. The molecule has 0 saturated heterocycles. The van der Waals surface area contributed by atoms with E-state index in [2.05, 4.69) is 15.4 Å². The summed E-state index contributed by atoms with van der Waals surface area (Å²) in [6, 6.07) is 19.7. The Balaban J connectivity index is 1.59. The van der Waals surface area contributed by atoms with Crippen LogP contribution in [0.1, 0.15) is 35.4 Å². The summed E-state index contributed by atoms with van der Waals surface area (Å²) in [5.41, 5.74) is 2.79. The number of nitrogens with one attached hydrogen (secondary N) is 1. The van der Waals surface area contributed by atoms with Gasteiger partial charge in [-0.3, -0.25) is 19.9 Å². The highest BCUT2D eigenvalue weighted by atomic mass is 32.1. The summed E-state index contributed by atoms with van der Waals surface area (Å²) in [6.07, 6.45) is 0.482. The molecule has 0 spiro atoms. The Morgan fingerprint density at radius 3 is 2.39 bits per heavy atom. The summed E-state index contributed by atoms with van der Waals surface area (Å²) in [5, 5.41) is 11.3. The minimum absolute atomic E-state index is 0.0616. The normalized spacial score (nSPS) is 16.0. The Morgan fingerprint density at radius 2 is 1.75 bits per heavy atom. The van der Waals surface area contributed by atoms with Crippen molar-refractivity contribution in [1.29, 1.82) is 0 Å². The lowest BCUT2D eigenvalue weighted by atomic mass is 10.0. The molecular formula is C21H18N4O2S. The third kappa shape index (κ3) is 3.70. The molecule has 6 nitrogen and oxygen atoms in total. The van der Waals surface area contributed by atoms with Crippen LogP contribution in [0.4, 0.5) is 10.8 Å². The largest absolute Gasteiger partial charge is 0.297 e. The molecule has 1 unspecified atom stereocenters. The first-order valence-electron chi connectivity index (χ1n) is 8.86. The topological polar surface area (TPSA) is 74.7 Å². The number of hydrogen-bond acceptors (Lipinski definition) is 6. The van der Waals surface area contributed by atoms with E-state index in [0.29, 0.717) is 23.0 Å². The Labute approximate surface area is 166 Å². The predicted octanol–water partition coefficient (Wildman–Crippen LogP) is 4.29. The van der Waals surface area contributed by atoms with E-state index in [4.69, 9.17) is 0 Å². The Bertz CT molecular complexity index is 1030. The van der Waals surface area contributed by atoms with Gasteiger partial charge in [0.2, 0.25) is 0 Å². The van der Waals surface area contributed by atoms with Gasteiger partial charge in [0.25, 0.3) is 5.91 Å². The van der Waals surface area contributed by atoms with Gasteiger partial charge in [-0.1, -0.05) is 48.5 Å². The summed E-state index contributed by atoms with van der Waals surface area (Å²) in [5.74, 6) is -0.432. The summed E-state index contributed by atoms with van der Waals surface area (Å²) in [7, 11) is 0. The number of thiazole rings is 1. The molecular weight excluding hydrogens is 372 g/mol. The fraction of sp³-hybridized carbons (Fsp3) is 0.143. The van der Waals surface area contributed by atoms with Crippen LogP contribution < -0.4 is 10.3 Å². The number of ketones is 1. The lowest BCUT2D eigenvalue weighted by molar-refractivity contribution is -0.110. The SMILES string of the molecule is CC(=O)c1csc(NC(=O)C2=NN(c3ccccc3)C(c3ccccc3)C2)n1. The van der Waals surface area contributed by atoms with Crippen LogP contribution in [0.15, 0.2) is 71.1 Å². The smallest absolute Gasteiger partial charge is 0.273 e. The van der Waals surface area contributed by atoms with Crippen LogP contribution >= 0.6 is 11.3 Å². The maximum atomic E-state index is 12.8. The van der Waals surface area contributed by atoms with Gasteiger partial charge < -0.3 is 0 Å². The number of rotatable bonds is 5. The van der Waals surface area contributed by atoms with Gasteiger partial charge in [0.15, 0.2) is 10.9 Å². The number of aromatic nitrogens is 1. The molecule has 1 aromatic heterocycles. The van der Waals surface area contributed by atoms with E-state index in [1.54, 1.807) is 5.38 Å². The Morgan fingerprint density at radius 1 is 1.07 bits per heavy atom. The van der Waals surface area contributed by atoms with E-state index < -0.39 is 0 Å². The predicted molar refractivity (Wildman–Crippen MR) is 111 cm³/mol. The van der Waals surface area contributed by atoms with Crippen molar-refractivity contribution in [3.8, 4) is 0 Å². The molecule has 4 rings (SSSR count). The quantitative estimate of drug-likeness (QED) is 0.660. The summed E-state index contributed by atoms with van der Waals surface area (Å²) in [4.78, 5) is 28.3. The van der Waals surface area contributed by atoms with Crippen molar-refractivity contribution in [3.63, 3.8) is 0 Å². The second kappa shape index (κ2) is 7.74. The highest BCUT2D eigenvalue weighted by molar-refractivity contribution is 7.14. The van der Waals surface area contributed by atoms with Gasteiger partial charge in [-0.05, 0) is 17.7 Å². The molecule has 1 amide bonds. The molecule has 28 heavy (non-hydrogen) atoms. The van der Waals surface area contributed by atoms with Crippen LogP contribution in [0.2, 0.25) is 0 Å². The average molecular weight is 390 g/mol. The average Bonchev–Trinajstić information content (AvgIpc) is 3.37. The molecule has 0 radical (unpaired) electrons. The third-order valence-electron chi connectivity index (χ3n) is 4.46. The number of hydrazone groups is 1. The first-order chi connectivity index (χ1) is 13.6. The van der Waals surface area contributed by atoms with E-state index in [1.807, 2.05) is 65.7 Å². The molecule has 2 heterocycles. The zero-order valence-corrected chi connectivity index (χ0v) is 16.0. The van der Waals surface area contributed by atoms with Gasteiger partial charge in [0.05, 0.1) is 11.7 Å². The van der Waals surface area contributed by atoms with Crippen molar-refractivity contribution in [2.75, 3.05) is 10.3 Å². The first-order valence-corrected chi connectivity index (χ1v) is 9.74. The lowest BCUT2D eigenvalue weighted by Gasteiger charge is -2.23. The number of hydrogen-bond donors (Lipinski definition) is 1. The van der Waals surface area contributed by atoms with Crippen molar-refractivity contribution < 1.29 is 9.59 Å². The molecule has 140 valence electrons. The summed E-state index contributed by atoms with van der Waals surface area (Å²) < 4.78 is 0. The number of benzene rings is 2. The summed E-state index contributed by atoms with van der Waals surface area (Å²) >= 11 is 1.23. The van der Waals surface area contributed by atoms with Gasteiger partial charge in [0.1, 0.15) is 11.4 Å². The molecule has 3 aromatic rings. The van der Waals surface area contributed by atoms with E-state index in [0.717, 1.165) is 11.3 Å². The number of para-hydroxylation sites is 1. The zero-order valence-electron chi connectivity index (χ0n) is 15.2. The monoisotopic (exact) mass is 390 g/mol. The van der Waals surface area contributed by atoms with E-state index in [9.17, 15) is 9.59 Å². The maximum Gasteiger partial charge on any atom is 0.273 e. The van der Waals surface area contributed by atoms with Crippen LogP contribution in [-0.2, 0) is 4.79 Å². The second-order valence-corrected chi connectivity index (χ2v) is 7.26. The molecule has 7 heteroatoms. The lowest BCUT2D eigenvalue weighted by Crippen LogP contribution is -2.22. The second-order valence-electron chi connectivity index (χ2n) is 6.41. The molecule has 1 aliphatic rings. The Hall–Kier alpha value is -3.32. The van der Waals surface area contributed by atoms with E-state index in [-0.39, 0.29) is 17.7 Å². The molecule has 1 N–H and O–H groups in total. The van der Waals surface area contributed by atoms with Crippen molar-refractivity contribution >= 4 is 39.6 Å². The van der Waals surface area contributed by atoms with Crippen molar-refractivity contribution in [1.82, 2.24) is 4.98 Å². The maximum absolute atomic E-state index is 12.8. The molecule has 2 aromatic carbocycles. The van der Waals surface area contributed by atoms with Gasteiger partial charge in [-0.15, -0.1) is 11.3 Å². The van der Waals surface area contributed by atoms with Crippen LogP contribution in [-0.4, -0.2) is 22.4 Å². The standard InChI is InChI=1S/C21H18N4O2S/c1-14(26)18-13-28-21(22-18)23-20(27)17-12-19(15-8-4-2-5-9-15)25(24-17)16-10-6-3-7-11-16/h2-11,13,19H,12H2,1H3,(H,22,23,27). The highest BCUT2D eigenvalue weighted by Gasteiger charge is 2.32. The van der Waals surface area contributed by atoms with E-state index in [1.165, 1.54) is 18.3 Å². The summed E-state index contributed by atoms with van der Waals surface area (Å²) in [6.45, 7) is 1.45. The number of anilines is 2. The first kappa shape index (κ1) is 18.1. The fourth-order valence-corrected chi connectivity index (χ4v) is 3.81. The number of Topliss-reactive ketones (excluding diaryl/α,β-unsaturated/α-hetero) is 1. The molecule has 0 aliphatic carbocycles. The van der Waals surface area contributed by atoms with Crippen LogP contribution in [0.3, 0.4) is 0 Å². The zero-order chi connectivity index (χ0) is 19.5. The highest BCUT2D eigenvalue weighted by Crippen LogP contribution is 2.35. The molecule has 0 bridgehead atoms. The van der Waals surface area contributed by atoms with Crippen molar-refractivity contribution in [3.05, 3.63) is 77.3 Å². The minimum atomic E-state index is -0.302. The molecule has 1 atom stereocenters. The van der Waals surface area contributed by atoms with Crippen LogP contribution in [0.5, 0.6) is 0 Å². The van der Waals surface area contributed by atoms with Crippen molar-refractivity contribution in [2.24, 2.45) is 5.10 Å². The minimum Gasteiger partial charge on any atom is -0.297 e. The fourth-order valence-electron chi connectivity index (χ4n) is 3.06. The third-order valence-corrected chi connectivity index (χ3v) is 5.22. The van der Waals surface area contributed by atoms with Gasteiger partial charge in [0, 0.05) is 18.7 Å². The van der Waals surface area contributed by atoms with Crippen LogP contribution in [0, 0.1) is 0 Å². The van der Waals surface area contributed by atoms with Gasteiger partial charge in [-0.2, -0.15) is 5.10 Å². The number of carbonyl (C=O) groups excluding carboxylic acids is 2. The number of nitrogens with zero attached hydrogens (tertiary/aromatic N) is 3. The Kier molecular flexibility index (Phi) is 4.99. The number of carbonyl (C=O) groups is 2. The molecule has 0 fully saturated rings. The van der Waals surface area contributed by atoms with E-state index >= 15 is 0 Å². The van der Waals surface area contributed by atoms with Gasteiger partial charge >= 0.3 is 0 Å².